The fourth-order valence-corrected chi connectivity index (χ4v) is 4.80. The van der Waals surface area contributed by atoms with Gasteiger partial charge in [-0.25, -0.2) is 14.8 Å². The number of hydrogen-bond acceptors (Lipinski definition) is 6. The van der Waals surface area contributed by atoms with Crippen LogP contribution in [0, 0.1) is 5.92 Å². The molecule has 0 aliphatic heterocycles. The van der Waals surface area contributed by atoms with Gasteiger partial charge in [0.05, 0.1) is 24.3 Å². The quantitative estimate of drug-likeness (QED) is 0.379. The van der Waals surface area contributed by atoms with Crippen LogP contribution in [0.4, 0.5) is 0 Å². The SMILES string of the molecule is COc1ccc(-c2c(-c3ccccc3)oc3ncnc(C[C@H]4CC[C@@H](OCC(=O)O)C4)c23)cc1. The van der Waals surface area contributed by atoms with E-state index in [-0.39, 0.29) is 12.7 Å². The van der Waals surface area contributed by atoms with Gasteiger partial charge in [-0.3, -0.25) is 0 Å². The highest BCUT2D eigenvalue weighted by atomic mass is 16.5. The average Bonchev–Trinajstić information content (AvgIpc) is 3.48. The minimum atomic E-state index is -0.933. The lowest BCUT2D eigenvalue weighted by Gasteiger charge is -2.12. The molecule has 7 nitrogen and oxygen atoms in total. The van der Waals surface area contributed by atoms with Gasteiger partial charge in [0.2, 0.25) is 5.71 Å². The minimum absolute atomic E-state index is 0.0243. The van der Waals surface area contributed by atoms with Gasteiger partial charge in [0.25, 0.3) is 0 Å². The second-order valence-electron chi connectivity index (χ2n) is 8.61. The minimum Gasteiger partial charge on any atom is -0.497 e. The largest absolute Gasteiger partial charge is 0.497 e. The van der Waals surface area contributed by atoms with Gasteiger partial charge in [-0.2, -0.15) is 0 Å². The lowest BCUT2D eigenvalue weighted by Crippen LogP contribution is -2.15. The molecule has 174 valence electrons. The molecule has 4 aromatic rings. The van der Waals surface area contributed by atoms with Gasteiger partial charge in [-0.05, 0) is 49.3 Å². The van der Waals surface area contributed by atoms with E-state index in [9.17, 15) is 4.79 Å². The zero-order valence-corrected chi connectivity index (χ0v) is 18.9. The highest BCUT2D eigenvalue weighted by Gasteiger charge is 2.29. The van der Waals surface area contributed by atoms with Crippen LogP contribution in [0.3, 0.4) is 0 Å². The summed E-state index contributed by atoms with van der Waals surface area (Å²) in [7, 11) is 1.65. The molecule has 2 atom stereocenters. The predicted molar refractivity (Wildman–Crippen MR) is 128 cm³/mol. The van der Waals surface area contributed by atoms with Crippen molar-refractivity contribution >= 4 is 17.1 Å². The Morgan fingerprint density at radius 1 is 1.06 bits per heavy atom. The van der Waals surface area contributed by atoms with E-state index < -0.39 is 5.97 Å². The Kier molecular flexibility index (Phi) is 6.27. The molecule has 1 saturated carbocycles. The number of fused-ring (bicyclic) bond motifs is 1. The molecule has 0 bridgehead atoms. The van der Waals surface area contributed by atoms with Gasteiger partial charge >= 0.3 is 5.97 Å². The summed E-state index contributed by atoms with van der Waals surface area (Å²) in [4.78, 5) is 20.0. The molecular weight excluding hydrogens is 432 g/mol. The number of benzene rings is 2. The first-order valence-corrected chi connectivity index (χ1v) is 11.4. The molecule has 0 radical (unpaired) electrons. The zero-order chi connectivity index (χ0) is 23.5. The number of nitrogens with zero attached hydrogens (tertiary/aromatic N) is 2. The lowest BCUT2D eigenvalue weighted by atomic mass is 9.94. The van der Waals surface area contributed by atoms with E-state index in [1.165, 1.54) is 0 Å². The van der Waals surface area contributed by atoms with Crippen molar-refractivity contribution in [3.8, 4) is 28.2 Å². The van der Waals surface area contributed by atoms with Crippen molar-refractivity contribution in [3.05, 3.63) is 66.6 Å². The number of aliphatic carboxylic acids is 1. The Balaban J connectivity index is 1.55. The van der Waals surface area contributed by atoms with Crippen LogP contribution in [-0.4, -0.2) is 40.9 Å². The first-order chi connectivity index (χ1) is 16.6. The van der Waals surface area contributed by atoms with Crippen LogP contribution in [-0.2, 0) is 16.0 Å². The highest BCUT2D eigenvalue weighted by molar-refractivity contribution is 6.01. The Morgan fingerprint density at radius 2 is 1.85 bits per heavy atom. The summed E-state index contributed by atoms with van der Waals surface area (Å²) in [5.74, 6) is 0.969. The van der Waals surface area contributed by atoms with Crippen LogP contribution in [0.1, 0.15) is 25.0 Å². The van der Waals surface area contributed by atoms with Crippen molar-refractivity contribution in [1.29, 1.82) is 0 Å². The third-order valence-corrected chi connectivity index (χ3v) is 6.40. The molecule has 0 saturated heterocycles. The molecule has 1 fully saturated rings. The maximum atomic E-state index is 10.8. The van der Waals surface area contributed by atoms with Crippen LogP contribution in [0.5, 0.6) is 5.75 Å². The van der Waals surface area contributed by atoms with E-state index in [4.69, 9.17) is 19.0 Å². The summed E-state index contributed by atoms with van der Waals surface area (Å²) in [5.41, 5.74) is 4.44. The fourth-order valence-electron chi connectivity index (χ4n) is 4.80. The Hall–Kier alpha value is -3.71. The lowest BCUT2D eigenvalue weighted by molar-refractivity contribution is -0.144. The van der Waals surface area contributed by atoms with Crippen molar-refractivity contribution < 1.29 is 23.8 Å². The molecule has 0 amide bonds. The van der Waals surface area contributed by atoms with E-state index in [1.807, 2.05) is 54.6 Å². The standard InChI is InChI=1S/C27H26N2O5/c1-32-20-11-8-18(9-12-20)24-25-22(14-17-7-10-21(13-17)33-15-23(30)31)28-16-29-27(25)34-26(24)19-5-3-2-4-6-19/h2-6,8-9,11-12,16-17,21H,7,10,13-15H2,1H3,(H,30,31)/t17-,21+/m0/s1. The fraction of sp³-hybridized carbons (Fsp3) is 0.296. The third-order valence-electron chi connectivity index (χ3n) is 6.40. The molecule has 0 unspecified atom stereocenters. The van der Waals surface area contributed by atoms with Crippen molar-refractivity contribution in [2.24, 2.45) is 5.92 Å². The van der Waals surface area contributed by atoms with Gasteiger partial charge in [-0.1, -0.05) is 42.5 Å². The topological polar surface area (TPSA) is 94.7 Å². The van der Waals surface area contributed by atoms with Crippen LogP contribution in [0.2, 0.25) is 0 Å². The number of furan rings is 1. The summed E-state index contributed by atoms with van der Waals surface area (Å²) >= 11 is 0. The average molecular weight is 459 g/mol. The number of aromatic nitrogens is 2. The van der Waals surface area contributed by atoms with E-state index in [1.54, 1.807) is 13.4 Å². The monoisotopic (exact) mass is 458 g/mol. The van der Waals surface area contributed by atoms with Crippen molar-refractivity contribution in [3.63, 3.8) is 0 Å². The first-order valence-electron chi connectivity index (χ1n) is 11.4. The van der Waals surface area contributed by atoms with E-state index in [0.29, 0.717) is 11.6 Å². The molecule has 1 N–H and O–H groups in total. The summed E-state index contributed by atoms with van der Waals surface area (Å²) < 4.78 is 17.2. The highest BCUT2D eigenvalue weighted by Crippen LogP contribution is 2.42. The number of carboxylic acids is 1. The van der Waals surface area contributed by atoms with Crippen LogP contribution < -0.4 is 4.74 Å². The molecule has 1 aliphatic carbocycles. The number of ether oxygens (including phenoxy) is 2. The smallest absolute Gasteiger partial charge is 0.329 e. The molecule has 34 heavy (non-hydrogen) atoms. The maximum absolute atomic E-state index is 10.8. The second-order valence-corrected chi connectivity index (χ2v) is 8.61. The summed E-state index contributed by atoms with van der Waals surface area (Å²) in [6.45, 7) is -0.251. The number of methoxy groups -OCH3 is 1. The Labute approximate surface area is 197 Å². The number of rotatable bonds is 8. The van der Waals surface area contributed by atoms with Crippen LogP contribution in [0.25, 0.3) is 33.6 Å². The predicted octanol–water partition coefficient (Wildman–Crippen LogP) is 5.38. The molecule has 5 rings (SSSR count). The van der Waals surface area contributed by atoms with Crippen molar-refractivity contribution in [2.45, 2.75) is 31.8 Å². The molecular formula is C27H26N2O5. The number of carboxylic acid groups (broad SMARTS) is 1. The van der Waals surface area contributed by atoms with E-state index >= 15 is 0 Å². The van der Waals surface area contributed by atoms with Gasteiger partial charge in [-0.15, -0.1) is 0 Å². The summed E-state index contributed by atoms with van der Waals surface area (Å²) in [6, 6.07) is 17.9. The molecule has 7 heteroatoms. The van der Waals surface area contributed by atoms with Gasteiger partial charge in [0.15, 0.2) is 0 Å². The van der Waals surface area contributed by atoms with E-state index in [0.717, 1.165) is 65.0 Å². The Morgan fingerprint density at radius 3 is 2.59 bits per heavy atom. The number of carbonyl (C=O) groups is 1. The van der Waals surface area contributed by atoms with E-state index in [2.05, 4.69) is 9.97 Å². The third kappa shape index (κ3) is 4.52. The maximum Gasteiger partial charge on any atom is 0.329 e. The molecule has 2 heterocycles. The summed E-state index contributed by atoms with van der Waals surface area (Å²) in [6.07, 6.45) is 4.93. The first kappa shape index (κ1) is 22.1. The summed E-state index contributed by atoms with van der Waals surface area (Å²) in [5, 5.41) is 9.82. The van der Waals surface area contributed by atoms with Crippen molar-refractivity contribution in [1.82, 2.24) is 9.97 Å². The molecule has 2 aromatic heterocycles. The van der Waals surface area contributed by atoms with Crippen LogP contribution >= 0.6 is 0 Å². The van der Waals surface area contributed by atoms with Gasteiger partial charge in [0, 0.05) is 11.1 Å². The molecule has 0 spiro atoms. The molecule has 2 aromatic carbocycles. The molecule has 1 aliphatic rings. The van der Waals surface area contributed by atoms with Crippen molar-refractivity contribution in [2.75, 3.05) is 13.7 Å². The normalized spacial score (nSPS) is 17.8. The second kappa shape index (κ2) is 9.65. The zero-order valence-electron chi connectivity index (χ0n) is 18.9. The number of hydrogen-bond donors (Lipinski definition) is 1. The van der Waals surface area contributed by atoms with Gasteiger partial charge < -0.3 is 19.0 Å². The Bertz CT molecular complexity index is 1280. The van der Waals surface area contributed by atoms with Gasteiger partial charge in [0.1, 0.15) is 24.4 Å². The van der Waals surface area contributed by atoms with Crippen LogP contribution in [0.15, 0.2) is 65.3 Å².